The van der Waals surface area contributed by atoms with E-state index < -0.39 is 0 Å². The Bertz CT molecular complexity index is 205. The monoisotopic (exact) mass is 254 g/mol. The van der Waals surface area contributed by atoms with Crippen LogP contribution in [0.15, 0.2) is 0 Å². The number of nitrogens with one attached hydrogen (secondary N) is 1. The van der Waals surface area contributed by atoms with Gasteiger partial charge in [0.05, 0.1) is 0 Å². The van der Waals surface area contributed by atoms with Crippen LogP contribution in [-0.4, -0.2) is 36.1 Å². The molecule has 2 unspecified atom stereocenters. The molecule has 0 aromatic carbocycles. The van der Waals surface area contributed by atoms with Crippen LogP contribution in [-0.2, 0) is 0 Å². The van der Waals surface area contributed by atoms with Gasteiger partial charge in [-0.1, -0.05) is 19.8 Å². The van der Waals surface area contributed by atoms with Crippen LogP contribution in [0, 0.1) is 5.92 Å². The van der Waals surface area contributed by atoms with Crippen molar-refractivity contribution in [3.8, 4) is 0 Å². The molecule has 0 saturated heterocycles. The van der Waals surface area contributed by atoms with Crippen LogP contribution in [0.3, 0.4) is 0 Å². The highest BCUT2D eigenvalue weighted by Gasteiger charge is 2.17. The molecule has 0 aliphatic heterocycles. The molecule has 1 rings (SSSR count). The molecule has 18 heavy (non-hydrogen) atoms. The maximum atomic E-state index is 3.78. The summed E-state index contributed by atoms with van der Waals surface area (Å²) in [6, 6.07) is 2.08. The third-order valence-electron chi connectivity index (χ3n) is 4.39. The zero-order chi connectivity index (χ0) is 13.5. The third kappa shape index (κ3) is 5.71. The first-order chi connectivity index (χ1) is 8.50. The minimum atomic E-state index is 0.654. The van der Waals surface area contributed by atoms with Crippen molar-refractivity contribution in [3.05, 3.63) is 0 Å². The molecular formula is C16H34N2. The van der Waals surface area contributed by atoms with E-state index in [0.29, 0.717) is 12.1 Å². The molecule has 1 fully saturated rings. The molecule has 0 aromatic rings. The summed E-state index contributed by atoms with van der Waals surface area (Å²) in [5.41, 5.74) is 0. The van der Waals surface area contributed by atoms with E-state index in [2.05, 4.69) is 44.8 Å². The molecule has 0 aromatic heterocycles. The maximum Gasteiger partial charge on any atom is 0.0112 e. The highest BCUT2D eigenvalue weighted by Crippen LogP contribution is 2.22. The maximum absolute atomic E-state index is 3.78. The second-order valence-corrected chi connectivity index (χ2v) is 6.69. The predicted molar refractivity (Wildman–Crippen MR) is 81.0 cm³/mol. The van der Waals surface area contributed by atoms with Crippen molar-refractivity contribution in [1.82, 2.24) is 10.2 Å². The predicted octanol–water partition coefficient (Wildman–Crippen LogP) is 3.66. The van der Waals surface area contributed by atoms with Crippen molar-refractivity contribution in [3.63, 3.8) is 0 Å². The van der Waals surface area contributed by atoms with Gasteiger partial charge in [0.25, 0.3) is 0 Å². The summed E-state index contributed by atoms with van der Waals surface area (Å²) in [5.74, 6) is 0.944. The molecule has 0 bridgehead atoms. The van der Waals surface area contributed by atoms with Crippen LogP contribution in [0.4, 0.5) is 0 Å². The highest BCUT2D eigenvalue weighted by atomic mass is 15.2. The van der Waals surface area contributed by atoms with Crippen LogP contribution in [0.5, 0.6) is 0 Å². The molecule has 2 heteroatoms. The summed E-state index contributed by atoms with van der Waals surface area (Å²) in [4.78, 5) is 2.58. The quantitative estimate of drug-likeness (QED) is 0.728. The van der Waals surface area contributed by atoms with Gasteiger partial charge in [-0.15, -0.1) is 0 Å². The molecular weight excluding hydrogens is 220 g/mol. The largest absolute Gasteiger partial charge is 0.313 e. The second kappa shape index (κ2) is 8.16. The summed E-state index contributed by atoms with van der Waals surface area (Å²) < 4.78 is 0. The van der Waals surface area contributed by atoms with E-state index in [1.807, 2.05) is 0 Å². The molecule has 0 spiro atoms. The van der Waals surface area contributed by atoms with Crippen molar-refractivity contribution in [2.75, 3.05) is 13.1 Å². The van der Waals surface area contributed by atoms with Gasteiger partial charge in [-0.05, 0) is 52.9 Å². The number of hydrogen-bond donors (Lipinski definition) is 1. The zero-order valence-electron chi connectivity index (χ0n) is 13.2. The fraction of sp³-hybridized carbons (Fsp3) is 1.00. The Hall–Kier alpha value is -0.0800. The molecule has 0 radical (unpaired) electrons. The fourth-order valence-corrected chi connectivity index (χ4v) is 3.20. The first-order valence-corrected chi connectivity index (χ1v) is 7.99. The van der Waals surface area contributed by atoms with Crippen molar-refractivity contribution in [2.24, 2.45) is 5.92 Å². The lowest BCUT2D eigenvalue weighted by atomic mass is 10.0. The summed E-state index contributed by atoms with van der Waals surface area (Å²) in [5, 5.41) is 3.78. The third-order valence-corrected chi connectivity index (χ3v) is 4.39. The molecule has 1 N–H and O–H groups in total. The molecule has 0 heterocycles. The van der Waals surface area contributed by atoms with Gasteiger partial charge in [-0.2, -0.15) is 0 Å². The average molecular weight is 254 g/mol. The van der Waals surface area contributed by atoms with Crippen molar-refractivity contribution in [2.45, 2.75) is 84.8 Å². The van der Waals surface area contributed by atoms with Crippen molar-refractivity contribution < 1.29 is 0 Å². The van der Waals surface area contributed by atoms with E-state index in [1.165, 1.54) is 38.6 Å². The Morgan fingerprint density at radius 2 is 1.67 bits per heavy atom. The minimum Gasteiger partial charge on any atom is -0.313 e. The lowest BCUT2D eigenvalue weighted by Gasteiger charge is -2.31. The first kappa shape index (κ1) is 16.0. The van der Waals surface area contributed by atoms with Crippen molar-refractivity contribution >= 4 is 0 Å². The lowest BCUT2D eigenvalue weighted by Crippen LogP contribution is -2.43. The Kier molecular flexibility index (Phi) is 7.25. The summed E-state index contributed by atoms with van der Waals surface area (Å²) in [6.07, 6.45) is 7.02. The van der Waals surface area contributed by atoms with Gasteiger partial charge in [0, 0.05) is 31.2 Å². The Balaban J connectivity index is 2.23. The number of nitrogens with zero attached hydrogens (tertiary/aromatic N) is 1. The van der Waals surface area contributed by atoms with E-state index in [0.717, 1.165) is 18.5 Å². The normalized spacial score (nSPS) is 26.0. The summed E-state index contributed by atoms with van der Waals surface area (Å²) >= 11 is 0. The highest BCUT2D eigenvalue weighted by molar-refractivity contribution is 4.75. The molecule has 108 valence electrons. The van der Waals surface area contributed by atoms with Crippen LogP contribution >= 0.6 is 0 Å². The lowest BCUT2D eigenvalue weighted by molar-refractivity contribution is 0.173. The molecule has 2 nitrogen and oxygen atoms in total. The Labute approximate surface area is 115 Å². The fourth-order valence-electron chi connectivity index (χ4n) is 3.20. The van der Waals surface area contributed by atoms with E-state index in [-0.39, 0.29) is 0 Å². The minimum absolute atomic E-state index is 0.654. The summed E-state index contributed by atoms with van der Waals surface area (Å²) in [7, 11) is 0. The smallest absolute Gasteiger partial charge is 0.0112 e. The van der Waals surface area contributed by atoms with Crippen LogP contribution in [0.1, 0.15) is 66.7 Å². The van der Waals surface area contributed by atoms with E-state index in [9.17, 15) is 0 Å². The molecule has 1 saturated carbocycles. The molecule has 2 atom stereocenters. The Morgan fingerprint density at radius 3 is 2.28 bits per heavy atom. The Morgan fingerprint density at radius 1 is 1.00 bits per heavy atom. The average Bonchev–Trinajstić information content (AvgIpc) is 2.48. The van der Waals surface area contributed by atoms with E-state index in [4.69, 9.17) is 0 Å². The van der Waals surface area contributed by atoms with Gasteiger partial charge in [0.1, 0.15) is 0 Å². The van der Waals surface area contributed by atoms with E-state index in [1.54, 1.807) is 0 Å². The van der Waals surface area contributed by atoms with Gasteiger partial charge in [0.2, 0.25) is 0 Å². The number of rotatable bonds is 6. The topological polar surface area (TPSA) is 15.3 Å². The number of hydrogen-bond acceptors (Lipinski definition) is 2. The standard InChI is InChI=1S/C16H34N2/c1-13(2)18(14(3)4)12-11-17-16-8-6-7-15(5)9-10-16/h13-17H,6-12H2,1-5H3. The molecule has 1 aliphatic rings. The SMILES string of the molecule is CC1CCCC(NCCN(C(C)C)C(C)C)CC1. The van der Waals surface area contributed by atoms with Gasteiger partial charge >= 0.3 is 0 Å². The van der Waals surface area contributed by atoms with Gasteiger partial charge in [-0.3, -0.25) is 4.90 Å². The van der Waals surface area contributed by atoms with Crippen LogP contribution in [0.2, 0.25) is 0 Å². The van der Waals surface area contributed by atoms with Gasteiger partial charge in [0.15, 0.2) is 0 Å². The van der Waals surface area contributed by atoms with Gasteiger partial charge < -0.3 is 5.32 Å². The molecule has 0 amide bonds. The van der Waals surface area contributed by atoms with Crippen LogP contribution in [0.25, 0.3) is 0 Å². The molecule has 1 aliphatic carbocycles. The first-order valence-electron chi connectivity index (χ1n) is 7.99. The van der Waals surface area contributed by atoms with Gasteiger partial charge in [-0.25, -0.2) is 0 Å². The van der Waals surface area contributed by atoms with Crippen molar-refractivity contribution in [1.29, 1.82) is 0 Å². The zero-order valence-corrected chi connectivity index (χ0v) is 13.2. The van der Waals surface area contributed by atoms with Crippen LogP contribution < -0.4 is 5.32 Å². The summed E-state index contributed by atoms with van der Waals surface area (Å²) in [6.45, 7) is 13.9. The second-order valence-electron chi connectivity index (χ2n) is 6.69. The van der Waals surface area contributed by atoms with E-state index >= 15 is 0 Å².